The van der Waals surface area contributed by atoms with Crippen molar-refractivity contribution in [3.05, 3.63) is 47.5 Å². The average molecular weight is 323 g/mol. The van der Waals surface area contributed by atoms with Crippen LogP contribution in [-0.4, -0.2) is 20.1 Å². The first-order valence-electron chi connectivity index (χ1n) is 8.51. The standard InChI is InChI=1S/C20H25N3O/c1-6-13(2)15-11-14(12-16(19(15)24)20(3,4)5)23-21-17-9-7-8-10-18(17)22-23/h7-13,24H,6H2,1-5H3. The molecule has 1 atom stereocenters. The van der Waals surface area contributed by atoms with Gasteiger partial charge in [0.05, 0.1) is 5.69 Å². The van der Waals surface area contributed by atoms with E-state index in [1.807, 2.05) is 36.4 Å². The Labute approximate surface area is 143 Å². The summed E-state index contributed by atoms with van der Waals surface area (Å²) in [7, 11) is 0. The number of benzene rings is 2. The molecule has 24 heavy (non-hydrogen) atoms. The van der Waals surface area contributed by atoms with Crippen molar-refractivity contribution in [1.29, 1.82) is 0 Å². The van der Waals surface area contributed by atoms with Crippen LogP contribution in [0.2, 0.25) is 0 Å². The van der Waals surface area contributed by atoms with Crippen molar-refractivity contribution in [1.82, 2.24) is 15.0 Å². The van der Waals surface area contributed by atoms with Gasteiger partial charge in [0.1, 0.15) is 16.8 Å². The minimum atomic E-state index is -0.158. The average Bonchev–Trinajstić information content (AvgIpc) is 2.97. The van der Waals surface area contributed by atoms with Crippen LogP contribution in [0.5, 0.6) is 5.75 Å². The van der Waals surface area contributed by atoms with E-state index in [-0.39, 0.29) is 11.3 Å². The maximum atomic E-state index is 10.8. The van der Waals surface area contributed by atoms with Crippen LogP contribution < -0.4 is 0 Å². The fourth-order valence-corrected chi connectivity index (χ4v) is 2.90. The lowest BCUT2D eigenvalue weighted by Crippen LogP contribution is -2.14. The van der Waals surface area contributed by atoms with Gasteiger partial charge in [-0.05, 0) is 47.6 Å². The first-order chi connectivity index (χ1) is 11.3. The molecule has 126 valence electrons. The second kappa shape index (κ2) is 5.93. The first kappa shape index (κ1) is 16.5. The number of nitrogens with zero attached hydrogens (tertiary/aromatic N) is 3. The fourth-order valence-electron chi connectivity index (χ4n) is 2.90. The van der Waals surface area contributed by atoms with E-state index in [0.717, 1.165) is 34.3 Å². The Hall–Kier alpha value is -2.36. The highest BCUT2D eigenvalue weighted by Gasteiger charge is 2.24. The lowest BCUT2D eigenvalue weighted by atomic mass is 9.82. The third kappa shape index (κ3) is 2.88. The monoisotopic (exact) mass is 323 g/mol. The molecule has 0 aliphatic carbocycles. The van der Waals surface area contributed by atoms with E-state index in [0.29, 0.717) is 5.75 Å². The Morgan fingerprint density at radius 2 is 1.67 bits per heavy atom. The third-order valence-corrected chi connectivity index (χ3v) is 4.59. The lowest BCUT2D eigenvalue weighted by molar-refractivity contribution is 0.434. The topological polar surface area (TPSA) is 50.9 Å². The molecule has 3 rings (SSSR count). The molecule has 3 aromatic rings. The van der Waals surface area contributed by atoms with E-state index in [1.54, 1.807) is 4.80 Å². The molecule has 4 nitrogen and oxygen atoms in total. The van der Waals surface area contributed by atoms with E-state index >= 15 is 0 Å². The second-order valence-corrected chi connectivity index (χ2v) is 7.47. The second-order valence-electron chi connectivity index (χ2n) is 7.47. The van der Waals surface area contributed by atoms with Gasteiger partial charge in [-0.2, -0.15) is 4.80 Å². The minimum absolute atomic E-state index is 0.158. The quantitative estimate of drug-likeness (QED) is 0.743. The zero-order valence-corrected chi connectivity index (χ0v) is 15.0. The summed E-state index contributed by atoms with van der Waals surface area (Å²) in [5, 5.41) is 20.0. The Bertz CT molecular complexity index is 841. The summed E-state index contributed by atoms with van der Waals surface area (Å²) in [6.45, 7) is 10.6. The summed E-state index contributed by atoms with van der Waals surface area (Å²) in [5.74, 6) is 0.674. The van der Waals surface area contributed by atoms with Crippen molar-refractivity contribution >= 4 is 11.0 Å². The summed E-state index contributed by atoms with van der Waals surface area (Å²) >= 11 is 0. The molecule has 0 saturated carbocycles. The van der Waals surface area contributed by atoms with Crippen LogP contribution in [0.25, 0.3) is 16.7 Å². The van der Waals surface area contributed by atoms with Gasteiger partial charge in [0, 0.05) is 5.56 Å². The SMILES string of the molecule is CCC(C)c1cc(-n2nc3ccccc3n2)cc(C(C)(C)C)c1O. The number of fused-ring (bicyclic) bond motifs is 1. The van der Waals surface area contributed by atoms with Crippen molar-refractivity contribution in [3.8, 4) is 11.4 Å². The number of phenols is 1. The van der Waals surface area contributed by atoms with Crippen molar-refractivity contribution in [2.45, 2.75) is 52.4 Å². The maximum absolute atomic E-state index is 10.8. The predicted molar refractivity (Wildman–Crippen MR) is 97.9 cm³/mol. The molecule has 1 aromatic heterocycles. The number of rotatable bonds is 3. The molecule has 2 aromatic carbocycles. The molecule has 0 bridgehead atoms. The maximum Gasteiger partial charge on any atom is 0.122 e. The molecule has 1 N–H and O–H groups in total. The normalized spacial score (nSPS) is 13.4. The molecule has 0 saturated heterocycles. The van der Waals surface area contributed by atoms with Crippen LogP contribution in [0.15, 0.2) is 36.4 Å². The Morgan fingerprint density at radius 1 is 1.08 bits per heavy atom. The largest absolute Gasteiger partial charge is 0.507 e. The van der Waals surface area contributed by atoms with Gasteiger partial charge < -0.3 is 5.11 Å². The molecule has 0 aliphatic rings. The van der Waals surface area contributed by atoms with Crippen LogP contribution >= 0.6 is 0 Å². The molecule has 0 aliphatic heterocycles. The minimum Gasteiger partial charge on any atom is -0.507 e. The summed E-state index contributed by atoms with van der Waals surface area (Å²) in [6, 6.07) is 11.9. The van der Waals surface area contributed by atoms with Gasteiger partial charge in [-0.15, -0.1) is 10.2 Å². The predicted octanol–water partition coefficient (Wildman–Crippen LogP) is 4.94. The van der Waals surface area contributed by atoms with Gasteiger partial charge in [0.25, 0.3) is 0 Å². The number of aromatic nitrogens is 3. The van der Waals surface area contributed by atoms with Crippen LogP contribution in [0.4, 0.5) is 0 Å². The van der Waals surface area contributed by atoms with Crippen molar-refractivity contribution < 1.29 is 5.11 Å². The third-order valence-electron chi connectivity index (χ3n) is 4.59. The van der Waals surface area contributed by atoms with E-state index < -0.39 is 0 Å². The highest BCUT2D eigenvalue weighted by Crippen LogP contribution is 2.39. The molecular weight excluding hydrogens is 298 g/mol. The molecule has 1 heterocycles. The highest BCUT2D eigenvalue weighted by atomic mass is 16.3. The van der Waals surface area contributed by atoms with Gasteiger partial charge in [-0.25, -0.2) is 0 Å². The number of hydrogen-bond acceptors (Lipinski definition) is 3. The summed E-state index contributed by atoms with van der Waals surface area (Å²) in [5.41, 5.74) is 4.36. The van der Waals surface area contributed by atoms with Crippen LogP contribution in [0, 0.1) is 0 Å². The summed E-state index contributed by atoms with van der Waals surface area (Å²) in [6.07, 6.45) is 0.967. The van der Waals surface area contributed by atoms with Crippen molar-refractivity contribution in [2.75, 3.05) is 0 Å². The molecule has 0 amide bonds. The van der Waals surface area contributed by atoms with Gasteiger partial charge in [-0.3, -0.25) is 0 Å². The fraction of sp³-hybridized carbons (Fsp3) is 0.400. The molecule has 0 fully saturated rings. The van der Waals surface area contributed by atoms with E-state index in [1.165, 1.54) is 0 Å². The Morgan fingerprint density at radius 3 is 2.17 bits per heavy atom. The molecule has 1 unspecified atom stereocenters. The molecule has 4 heteroatoms. The van der Waals surface area contributed by atoms with Gasteiger partial charge >= 0.3 is 0 Å². The molecular formula is C20H25N3O. The van der Waals surface area contributed by atoms with Crippen LogP contribution in [-0.2, 0) is 5.41 Å². The van der Waals surface area contributed by atoms with E-state index in [2.05, 4.69) is 44.8 Å². The molecule has 0 radical (unpaired) electrons. The van der Waals surface area contributed by atoms with E-state index in [4.69, 9.17) is 0 Å². The van der Waals surface area contributed by atoms with Gasteiger partial charge in [0.2, 0.25) is 0 Å². The van der Waals surface area contributed by atoms with Gasteiger partial charge in [-0.1, -0.05) is 46.8 Å². The zero-order chi connectivity index (χ0) is 17.5. The van der Waals surface area contributed by atoms with Crippen LogP contribution in [0.1, 0.15) is 58.1 Å². The van der Waals surface area contributed by atoms with Crippen LogP contribution in [0.3, 0.4) is 0 Å². The highest BCUT2D eigenvalue weighted by molar-refractivity contribution is 5.73. The summed E-state index contributed by atoms with van der Waals surface area (Å²) < 4.78 is 0. The number of hydrogen-bond donors (Lipinski definition) is 1. The first-order valence-corrected chi connectivity index (χ1v) is 8.51. The Balaban J connectivity index is 2.23. The Kier molecular flexibility index (Phi) is 4.08. The number of phenolic OH excluding ortho intramolecular Hbond substituents is 1. The number of aromatic hydroxyl groups is 1. The molecule has 0 spiro atoms. The zero-order valence-electron chi connectivity index (χ0n) is 15.0. The van der Waals surface area contributed by atoms with Crippen molar-refractivity contribution in [2.24, 2.45) is 0 Å². The summed E-state index contributed by atoms with van der Waals surface area (Å²) in [4.78, 5) is 1.67. The lowest BCUT2D eigenvalue weighted by Gasteiger charge is -2.24. The van der Waals surface area contributed by atoms with Gasteiger partial charge in [0.15, 0.2) is 0 Å². The van der Waals surface area contributed by atoms with Crippen molar-refractivity contribution in [3.63, 3.8) is 0 Å². The van der Waals surface area contributed by atoms with E-state index in [9.17, 15) is 5.11 Å². The smallest absolute Gasteiger partial charge is 0.122 e.